The Balaban J connectivity index is 0.00000227. The van der Waals surface area contributed by atoms with Gasteiger partial charge < -0.3 is 19.2 Å². The molecule has 0 saturated heterocycles. The lowest BCUT2D eigenvalue weighted by Crippen LogP contribution is -2.33. The van der Waals surface area contributed by atoms with Crippen molar-refractivity contribution in [2.45, 2.75) is 86.8 Å². The maximum absolute atomic E-state index is 11.6. The number of hydrogen-bond donors (Lipinski definition) is 1. The van der Waals surface area contributed by atoms with Gasteiger partial charge in [0.1, 0.15) is 11.9 Å². The van der Waals surface area contributed by atoms with Crippen molar-refractivity contribution in [2.24, 2.45) is 0 Å². The molecule has 9 heteroatoms. The van der Waals surface area contributed by atoms with Gasteiger partial charge in [0.05, 0.1) is 18.4 Å². The van der Waals surface area contributed by atoms with E-state index in [1.807, 2.05) is 54.7 Å². The van der Waals surface area contributed by atoms with E-state index in [-0.39, 0.29) is 12.3 Å². The maximum atomic E-state index is 11.6. The number of aryl methyl sites for hydroxylation is 1. The van der Waals surface area contributed by atoms with Crippen molar-refractivity contribution in [3.8, 4) is 11.5 Å². The number of aromatic nitrogens is 3. The van der Waals surface area contributed by atoms with Crippen molar-refractivity contribution >= 4 is 12.1 Å². The molecule has 182 valence electrons. The van der Waals surface area contributed by atoms with Crippen LogP contribution in [0.1, 0.15) is 85.1 Å². The Morgan fingerprint density at radius 1 is 1.12 bits per heavy atom. The number of carbonyl (C=O) groups excluding carboxylic acids is 2. The quantitative estimate of drug-likeness (QED) is 0.397. The number of oxazole rings is 1. The molecule has 1 N–H and O–H groups in total. The average molecular weight is 453 g/mol. The first-order chi connectivity index (χ1) is 15.3. The molecule has 0 aromatic carbocycles. The normalized spacial score (nSPS) is 10.2. The highest BCUT2D eigenvalue weighted by Crippen LogP contribution is 2.18. The standard InChI is InChI=1S/C19H28N4O5.2C2H6/c1-5-26-17(24)15-13-27-16(22-15)14-11-21-23(12-14)10-8-6-7-9-20-18(25)28-19(2,3)4;2*1-2/h11-13H,5-10H2,1-4H3,(H,20,25);2*1-2H3. The number of carbonyl (C=O) groups is 2. The summed E-state index contributed by atoms with van der Waals surface area (Å²) in [5, 5.41) is 7.02. The van der Waals surface area contributed by atoms with Crippen LogP contribution in [-0.4, -0.2) is 45.6 Å². The topological polar surface area (TPSA) is 108 Å². The number of ether oxygens (including phenoxy) is 2. The van der Waals surface area contributed by atoms with E-state index in [1.165, 1.54) is 6.26 Å². The van der Waals surface area contributed by atoms with Gasteiger partial charge >= 0.3 is 12.1 Å². The Kier molecular flexibility index (Phi) is 14.5. The second-order valence-corrected chi connectivity index (χ2v) is 7.24. The summed E-state index contributed by atoms with van der Waals surface area (Å²) in [6.07, 6.45) is 7.06. The number of hydrogen-bond acceptors (Lipinski definition) is 7. The summed E-state index contributed by atoms with van der Waals surface area (Å²) in [7, 11) is 0. The number of nitrogens with zero attached hydrogens (tertiary/aromatic N) is 3. The molecule has 32 heavy (non-hydrogen) atoms. The van der Waals surface area contributed by atoms with Crippen LogP contribution in [0.5, 0.6) is 0 Å². The minimum Gasteiger partial charge on any atom is -0.461 e. The summed E-state index contributed by atoms with van der Waals surface area (Å²) >= 11 is 0. The molecule has 2 aromatic heterocycles. The second-order valence-electron chi connectivity index (χ2n) is 7.24. The third-order valence-corrected chi connectivity index (χ3v) is 3.60. The van der Waals surface area contributed by atoms with E-state index in [2.05, 4.69) is 15.4 Å². The highest BCUT2D eigenvalue weighted by Gasteiger charge is 2.16. The van der Waals surface area contributed by atoms with Crippen LogP contribution in [0.3, 0.4) is 0 Å². The first-order valence-corrected chi connectivity index (χ1v) is 11.4. The molecular formula is C23H40N4O5. The third-order valence-electron chi connectivity index (χ3n) is 3.60. The minimum absolute atomic E-state index is 0.141. The lowest BCUT2D eigenvalue weighted by atomic mass is 10.2. The molecule has 0 bridgehead atoms. The van der Waals surface area contributed by atoms with Crippen LogP contribution in [0.4, 0.5) is 4.79 Å². The monoisotopic (exact) mass is 452 g/mol. The summed E-state index contributed by atoms with van der Waals surface area (Å²) in [5.74, 6) is -0.180. The zero-order valence-electron chi connectivity index (χ0n) is 20.9. The van der Waals surface area contributed by atoms with Crippen LogP contribution in [0, 0.1) is 0 Å². The summed E-state index contributed by atoms with van der Waals surface area (Å²) in [6, 6.07) is 0. The number of unbranched alkanes of at least 4 members (excludes halogenated alkanes) is 2. The summed E-state index contributed by atoms with van der Waals surface area (Å²) in [6.45, 7) is 16.8. The van der Waals surface area contributed by atoms with Crippen LogP contribution in [-0.2, 0) is 16.0 Å². The Bertz CT molecular complexity index is 777. The zero-order chi connectivity index (χ0) is 24.6. The van der Waals surface area contributed by atoms with E-state index < -0.39 is 17.7 Å². The fourth-order valence-electron chi connectivity index (χ4n) is 2.38. The molecule has 0 fully saturated rings. The number of amides is 1. The van der Waals surface area contributed by atoms with Crippen LogP contribution in [0.2, 0.25) is 0 Å². The molecule has 0 aliphatic rings. The van der Waals surface area contributed by atoms with Gasteiger partial charge in [-0.2, -0.15) is 5.10 Å². The van der Waals surface area contributed by atoms with Crippen molar-refractivity contribution in [1.29, 1.82) is 0 Å². The van der Waals surface area contributed by atoms with Gasteiger partial charge in [0.25, 0.3) is 0 Å². The van der Waals surface area contributed by atoms with Crippen molar-refractivity contribution in [1.82, 2.24) is 20.1 Å². The van der Waals surface area contributed by atoms with E-state index in [9.17, 15) is 9.59 Å². The summed E-state index contributed by atoms with van der Waals surface area (Å²) in [5.41, 5.74) is 0.353. The average Bonchev–Trinajstić information content (AvgIpc) is 3.42. The Morgan fingerprint density at radius 2 is 1.81 bits per heavy atom. The molecule has 0 unspecified atom stereocenters. The van der Waals surface area contributed by atoms with Crippen LogP contribution < -0.4 is 5.32 Å². The van der Waals surface area contributed by atoms with Gasteiger partial charge in [-0.25, -0.2) is 14.6 Å². The summed E-state index contributed by atoms with van der Waals surface area (Å²) in [4.78, 5) is 27.3. The van der Waals surface area contributed by atoms with Gasteiger partial charge in [-0.05, 0) is 47.0 Å². The molecule has 2 heterocycles. The SMILES string of the molecule is CC.CC.CCOC(=O)c1coc(-c2cnn(CCCCCNC(=O)OC(C)(C)C)c2)n1. The minimum atomic E-state index is -0.509. The largest absolute Gasteiger partial charge is 0.461 e. The van der Waals surface area contributed by atoms with Gasteiger partial charge in [0.2, 0.25) is 5.89 Å². The Labute approximate surface area is 191 Å². The summed E-state index contributed by atoms with van der Waals surface area (Å²) < 4.78 is 17.2. The Hall–Kier alpha value is -2.84. The molecule has 0 aliphatic carbocycles. The molecule has 0 saturated carbocycles. The molecule has 1 amide bonds. The van der Waals surface area contributed by atoms with Crippen molar-refractivity contribution in [2.75, 3.05) is 13.2 Å². The van der Waals surface area contributed by atoms with Crippen molar-refractivity contribution < 1.29 is 23.5 Å². The van der Waals surface area contributed by atoms with Gasteiger partial charge in [0.15, 0.2) is 5.69 Å². The van der Waals surface area contributed by atoms with Gasteiger partial charge in [-0.3, -0.25) is 4.68 Å². The van der Waals surface area contributed by atoms with Gasteiger partial charge in [-0.1, -0.05) is 27.7 Å². The lowest BCUT2D eigenvalue weighted by molar-refractivity contribution is 0.0512. The van der Waals surface area contributed by atoms with Crippen molar-refractivity contribution in [3.05, 3.63) is 24.4 Å². The molecule has 2 aromatic rings. The van der Waals surface area contributed by atoms with E-state index >= 15 is 0 Å². The van der Waals surface area contributed by atoms with E-state index in [0.29, 0.717) is 18.0 Å². The van der Waals surface area contributed by atoms with Gasteiger partial charge in [-0.15, -0.1) is 0 Å². The molecule has 0 aliphatic heterocycles. The van der Waals surface area contributed by atoms with Crippen LogP contribution in [0.15, 0.2) is 23.1 Å². The van der Waals surface area contributed by atoms with E-state index in [1.54, 1.807) is 17.8 Å². The number of esters is 1. The fourth-order valence-corrected chi connectivity index (χ4v) is 2.38. The molecule has 0 radical (unpaired) electrons. The molecular weight excluding hydrogens is 412 g/mol. The highest BCUT2D eigenvalue weighted by atomic mass is 16.6. The first-order valence-electron chi connectivity index (χ1n) is 11.4. The predicted molar refractivity (Wildman–Crippen MR) is 124 cm³/mol. The third kappa shape index (κ3) is 11.5. The zero-order valence-corrected chi connectivity index (χ0v) is 20.9. The highest BCUT2D eigenvalue weighted by molar-refractivity contribution is 5.87. The van der Waals surface area contributed by atoms with E-state index in [0.717, 1.165) is 25.8 Å². The lowest BCUT2D eigenvalue weighted by Gasteiger charge is -2.19. The molecule has 0 spiro atoms. The number of rotatable bonds is 9. The predicted octanol–water partition coefficient (Wildman–Crippen LogP) is 5.46. The number of alkyl carbamates (subject to hydrolysis) is 1. The Morgan fingerprint density at radius 3 is 2.44 bits per heavy atom. The fraction of sp³-hybridized carbons (Fsp3) is 0.652. The second kappa shape index (κ2) is 15.9. The maximum Gasteiger partial charge on any atom is 0.407 e. The molecule has 2 rings (SSSR count). The molecule has 0 atom stereocenters. The van der Waals surface area contributed by atoms with E-state index in [4.69, 9.17) is 13.9 Å². The molecule has 9 nitrogen and oxygen atoms in total. The van der Waals surface area contributed by atoms with Crippen molar-refractivity contribution in [3.63, 3.8) is 0 Å². The smallest absolute Gasteiger partial charge is 0.407 e. The van der Waals surface area contributed by atoms with Crippen LogP contribution >= 0.6 is 0 Å². The number of nitrogens with one attached hydrogen (secondary N) is 1. The van der Waals surface area contributed by atoms with Crippen LogP contribution in [0.25, 0.3) is 11.5 Å². The first kappa shape index (κ1) is 29.2. The van der Waals surface area contributed by atoms with Gasteiger partial charge in [0, 0.05) is 19.3 Å².